The average Bonchev–Trinajstić information content (AvgIpc) is 2.87. The van der Waals surface area contributed by atoms with Gasteiger partial charge in [-0.25, -0.2) is 4.39 Å². The molecule has 0 unspecified atom stereocenters. The molecule has 0 amide bonds. The highest BCUT2D eigenvalue weighted by molar-refractivity contribution is 5.27. The van der Waals surface area contributed by atoms with Gasteiger partial charge in [-0.2, -0.15) is 0 Å². The van der Waals surface area contributed by atoms with E-state index in [0.717, 1.165) is 36.8 Å². The molecular weight excluding hydrogens is 179 g/mol. The molecule has 0 aliphatic heterocycles. The molecule has 14 heavy (non-hydrogen) atoms. The number of hydrogen-bond acceptors (Lipinski definition) is 1. The molecular formula is C12H15FO. The second-order valence-electron chi connectivity index (χ2n) is 4.30. The highest BCUT2D eigenvalue weighted by Gasteiger charge is 2.39. The fourth-order valence-electron chi connectivity index (χ4n) is 1.67. The summed E-state index contributed by atoms with van der Waals surface area (Å²) in [6.45, 7) is 1.98. The number of aryl methyl sites for hydroxylation is 2. The fraction of sp³-hybridized carbons (Fsp3) is 0.500. The molecule has 1 aromatic carbocycles. The Kier molecular flexibility index (Phi) is 2.31. The van der Waals surface area contributed by atoms with E-state index in [9.17, 15) is 9.50 Å². The van der Waals surface area contributed by atoms with Crippen molar-refractivity contribution in [3.05, 3.63) is 35.1 Å². The van der Waals surface area contributed by atoms with Crippen molar-refractivity contribution in [3.8, 4) is 0 Å². The van der Waals surface area contributed by atoms with Crippen LogP contribution in [0, 0.1) is 12.7 Å². The first-order valence-electron chi connectivity index (χ1n) is 5.06. The van der Waals surface area contributed by atoms with Crippen LogP contribution >= 0.6 is 0 Å². The third-order valence-electron chi connectivity index (χ3n) is 3.00. The lowest BCUT2D eigenvalue weighted by Gasteiger charge is -2.09. The predicted octanol–water partition coefficient (Wildman–Crippen LogP) is 2.59. The standard InChI is InChI=1S/C12H15FO/c1-9-2-3-11(13)8-10(9)4-5-12(14)6-7-12/h2-3,8,14H,4-7H2,1H3. The quantitative estimate of drug-likeness (QED) is 0.784. The van der Waals surface area contributed by atoms with Crippen LogP contribution in [0.3, 0.4) is 0 Å². The van der Waals surface area contributed by atoms with Gasteiger partial charge in [-0.3, -0.25) is 0 Å². The smallest absolute Gasteiger partial charge is 0.123 e. The highest BCUT2D eigenvalue weighted by Crippen LogP contribution is 2.39. The van der Waals surface area contributed by atoms with Crippen molar-refractivity contribution in [1.82, 2.24) is 0 Å². The Morgan fingerprint density at radius 2 is 2.14 bits per heavy atom. The van der Waals surface area contributed by atoms with Crippen LogP contribution in [-0.2, 0) is 6.42 Å². The molecule has 2 heteroatoms. The minimum atomic E-state index is -0.432. The fourth-order valence-corrected chi connectivity index (χ4v) is 1.67. The Balaban J connectivity index is 2.04. The van der Waals surface area contributed by atoms with Crippen LogP contribution in [0.1, 0.15) is 30.4 Å². The van der Waals surface area contributed by atoms with E-state index in [4.69, 9.17) is 0 Å². The topological polar surface area (TPSA) is 20.2 Å². The summed E-state index contributed by atoms with van der Waals surface area (Å²) < 4.78 is 12.9. The Labute approximate surface area is 83.6 Å². The van der Waals surface area contributed by atoms with Crippen molar-refractivity contribution >= 4 is 0 Å². The summed E-state index contributed by atoms with van der Waals surface area (Å²) in [4.78, 5) is 0. The van der Waals surface area contributed by atoms with Crippen molar-refractivity contribution in [1.29, 1.82) is 0 Å². The van der Waals surface area contributed by atoms with Crippen LogP contribution in [0.15, 0.2) is 18.2 Å². The van der Waals surface area contributed by atoms with Crippen molar-refractivity contribution in [2.75, 3.05) is 0 Å². The zero-order chi connectivity index (χ0) is 10.2. The predicted molar refractivity (Wildman–Crippen MR) is 53.6 cm³/mol. The lowest BCUT2D eigenvalue weighted by molar-refractivity contribution is 0.140. The first-order chi connectivity index (χ1) is 6.59. The molecule has 0 heterocycles. The van der Waals surface area contributed by atoms with Crippen LogP contribution in [-0.4, -0.2) is 10.7 Å². The minimum absolute atomic E-state index is 0.187. The van der Waals surface area contributed by atoms with Crippen LogP contribution in [0.5, 0.6) is 0 Å². The summed E-state index contributed by atoms with van der Waals surface area (Å²) in [6, 6.07) is 4.84. The van der Waals surface area contributed by atoms with Gasteiger partial charge in [0.2, 0.25) is 0 Å². The molecule has 1 fully saturated rings. The molecule has 0 radical (unpaired) electrons. The molecule has 1 aliphatic carbocycles. The van der Waals surface area contributed by atoms with E-state index in [-0.39, 0.29) is 5.82 Å². The average molecular weight is 194 g/mol. The van der Waals surface area contributed by atoms with Gasteiger partial charge in [-0.15, -0.1) is 0 Å². The van der Waals surface area contributed by atoms with Crippen molar-refractivity contribution in [3.63, 3.8) is 0 Å². The number of halogens is 1. The molecule has 1 saturated carbocycles. The maximum atomic E-state index is 12.9. The summed E-state index contributed by atoms with van der Waals surface area (Å²) in [5.41, 5.74) is 1.69. The third kappa shape index (κ3) is 2.13. The Morgan fingerprint density at radius 1 is 1.43 bits per heavy atom. The summed E-state index contributed by atoms with van der Waals surface area (Å²) >= 11 is 0. The van der Waals surface area contributed by atoms with Crippen LogP contribution in [0.2, 0.25) is 0 Å². The van der Waals surface area contributed by atoms with Crippen LogP contribution in [0.4, 0.5) is 4.39 Å². The largest absolute Gasteiger partial charge is 0.390 e. The van der Waals surface area contributed by atoms with Crippen molar-refractivity contribution < 1.29 is 9.50 Å². The molecule has 1 aromatic rings. The van der Waals surface area contributed by atoms with Gasteiger partial charge in [0.25, 0.3) is 0 Å². The Bertz CT molecular complexity index is 342. The maximum absolute atomic E-state index is 12.9. The molecule has 1 nitrogen and oxygen atoms in total. The first kappa shape index (κ1) is 9.66. The third-order valence-corrected chi connectivity index (χ3v) is 3.00. The van der Waals surface area contributed by atoms with Gasteiger partial charge < -0.3 is 5.11 Å². The molecule has 0 bridgehead atoms. The second-order valence-corrected chi connectivity index (χ2v) is 4.30. The van der Waals surface area contributed by atoms with Gasteiger partial charge in [-0.05, 0) is 55.9 Å². The number of aliphatic hydroxyl groups is 1. The van der Waals surface area contributed by atoms with E-state index in [1.54, 1.807) is 12.1 Å². The first-order valence-corrected chi connectivity index (χ1v) is 5.06. The summed E-state index contributed by atoms with van der Waals surface area (Å²) in [5, 5.41) is 9.66. The van der Waals surface area contributed by atoms with E-state index in [1.807, 2.05) is 6.92 Å². The number of rotatable bonds is 3. The van der Waals surface area contributed by atoms with E-state index < -0.39 is 5.60 Å². The second kappa shape index (κ2) is 3.35. The Morgan fingerprint density at radius 3 is 2.79 bits per heavy atom. The molecule has 0 aromatic heterocycles. The molecule has 0 atom stereocenters. The van der Waals surface area contributed by atoms with Crippen LogP contribution in [0.25, 0.3) is 0 Å². The van der Waals surface area contributed by atoms with Gasteiger partial charge in [0.15, 0.2) is 0 Å². The Hall–Kier alpha value is -0.890. The molecule has 1 N–H and O–H groups in total. The molecule has 76 valence electrons. The molecule has 0 spiro atoms. The molecule has 1 aliphatic rings. The number of benzene rings is 1. The van der Waals surface area contributed by atoms with Crippen molar-refractivity contribution in [2.24, 2.45) is 0 Å². The van der Waals surface area contributed by atoms with Gasteiger partial charge in [0.05, 0.1) is 5.60 Å². The molecule has 2 rings (SSSR count). The summed E-state index contributed by atoms with van der Waals surface area (Å²) in [6.07, 6.45) is 3.35. The SMILES string of the molecule is Cc1ccc(F)cc1CCC1(O)CC1. The van der Waals surface area contributed by atoms with E-state index in [2.05, 4.69) is 0 Å². The van der Waals surface area contributed by atoms with Crippen LogP contribution < -0.4 is 0 Å². The van der Waals surface area contributed by atoms with E-state index in [1.165, 1.54) is 6.07 Å². The van der Waals surface area contributed by atoms with Crippen molar-refractivity contribution in [2.45, 2.75) is 38.2 Å². The zero-order valence-electron chi connectivity index (χ0n) is 8.39. The lowest BCUT2D eigenvalue weighted by atomic mass is 10.0. The van der Waals surface area contributed by atoms with E-state index >= 15 is 0 Å². The summed E-state index contributed by atoms with van der Waals surface area (Å²) in [7, 11) is 0. The monoisotopic (exact) mass is 194 g/mol. The van der Waals surface area contributed by atoms with E-state index in [0.29, 0.717) is 0 Å². The maximum Gasteiger partial charge on any atom is 0.123 e. The number of hydrogen-bond donors (Lipinski definition) is 1. The lowest BCUT2D eigenvalue weighted by Crippen LogP contribution is -2.08. The summed E-state index contributed by atoms with van der Waals surface area (Å²) in [5.74, 6) is -0.187. The molecule has 0 saturated heterocycles. The minimum Gasteiger partial charge on any atom is -0.390 e. The zero-order valence-corrected chi connectivity index (χ0v) is 8.39. The van der Waals surface area contributed by atoms with Gasteiger partial charge in [-0.1, -0.05) is 6.07 Å². The van der Waals surface area contributed by atoms with Gasteiger partial charge >= 0.3 is 0 Å². The normalized spacial score (nSPS) is 18.2. The van der Waals surface area contributed by atoms with Gasteiger partial charge in [0, 0.05) is 0 Å². The van der Waals surface area contributed by atoms with Gasteiger partial charge in [0.1, 0.15) is 5.82 Å². The highest BCUT2D eigenvalue weighted by atomic mass is 19.1.